The highest BCUT2D eigenvalue weighted by molar-refractivity contribution is 5.67. The van der Waals surface area contributed by atoms with E-state index in [1.165, 1.54) is 0 Å². The van der Waals surface area contributed by atoms with Crippen LogP contribution in [0.3, 0.4) is 0 Å². The second-order valence-corrected chi connectivity index (χ2v) is 10.9. The first-order chi connectivity index (χ1) is 19.8. The zero-order valence-corrected chi connectivity index (χ0v) is 24.2. The van der Waals surface area contributed by atoms with Gasteiger partial charge in [-0.3, -0.25) is 0 Å². The number of rotatable bonds is 12. The third kappa shape index (κ3) is 9.66. The molecule has 5 unspecified atom stereocenters. The molecule has 0 aromatic heterocycles. The number of carbonyl (C=O) groups is 1. The fourth-order valence-electron chi connectivity index (χ4n) is 4.60. The summed E-state index contributed by atoms with van der Waals surface area (Å²) >= 11 is 0. The zero-order chi connectivity index (χ0) is 29.1. The standard InChI is InChI=1S/C33H41NO7/c1-33(2,3)41-32(35)34-20-27-28(37-21-24-14-8-5-9-15-24)29(38-22-25-16-10-6-11-17-25)30(31(36-4)40-27)39-23-26-18-12-7-13-19-26/h5-19,27-31H,20-23H2,1-4H3,(H,34,35). The SMILES string of the molecule is COC1OC(CNC(=O)OC(C)(C)C)C(OCc2ccccc2)C(OCc2ccccc2)C1OCc1ccccc1. The first-order valence-corrected chi connectivity index (χ1v) is 13.9. The normalized spacial score (nSPS) is 22.7. The van der Waals surface area contributed by atoms with Crippen LogP contribution in [0.25, 0.3) is 0 Å². The van der Waals surface area contributed by atoms with Gasteiger partial charge in [0.1, 0.15) is 30.0 Å². The number of methoxy groups -OCH3 is 1. The van der Waals surface area contributed by atoms with Gasteiger partial charge in [-0.1, -0.05) is 91.0 Å². The topological polar surface area (TPSA) is 84.5 Å². The van der Waals surface area contributed by atoms with Gasteiger partial charge in [0.2, 0.25) is 0 Å². The van der Waals surface area contributed by atoms with Crippen LogP contribution in [0.5, 0.6) is 0 Å². The predicted molar refractivity (Wildman–Crippen MR) is 155 cm³/mol. The van der Waals surface area contributed by atoms with E-state index in [2.05, 4.69) is 5.32 Å². The number of nitrogens with one attached hydrogen (secondary N) is 1. The Morgan fingerprint density at radius 2 is 1.15 bits per heavy atom. The summed E-state index contributed by atoms with van der Waals surface area (Å²) in [6.45, 7) is 6.59. The van der Waals surface area contributed by atoms with Crippen LogP contribution in [0.4, 0.5) is 4.79 Å². The number of hydrogen-bond donors (Lipinski definition) is 1. The third-order valence-electron chi connectivity index (χ3n) is 6.53. The number of ether oxygens (including phenoxy) is 6. The molecule has 220 valence electrons. The summed E-state index contributed by atoms with van der Waals surface area (Å²) in [6.07, 6.45) is -3.69. The van der Waals surface area contributed by atoms with Crippen molar-refractivity contribution >= 4 is 6.09 Å². The molecule has 0 bridgehead atoms. The molecule has 8 heteroatoms. The van der Waals surface area contributed by atoms with Crippen molar-refractivity contribution in [2.45, 2.75) is 76.9 Å². The maximum atomic E-state index is 12.5. The van der Waals surface area contributed by atoms with Gasteiger partial charge < -0.3 is 33.7 Å². The van der Waals surface area contributed by atoms with Gasteiger partial charge in [-0.05, 0) is 37.5 Å². The van der Waals surface area contributed by atoms with E-state index < -0.39 is 42.4 Å². The van der Waals surface area contributed by atoms with E-state index in [1.807, 2.05) is 112 Å². The molecule has 1 saturated heterocycles. The van der Waals surface area contributed by atoms with E-state index in [9.17, 15) is 4.79 Å². The summed E-state index contributed by atoms with van der Waals surface area (Å²) in [6, 6.07) is 29.7. The smallest absolute Gasteiger partial charge is 0.407 e. The number of benzene rings is 3. The Bertz CT molecular complexity index is 1170. The minimum Gasteiger partial charge on any atom is -0.444 e. The lowest BCUT2D eigenvalue weighted by Gasteiger charge is -2.45. The van der Waals surface area contributed by atoms with Gasteiger partial charge in [-0.25, -0.2) is 4.79 Å². The van der Waals surface area contributed by atoms with Crippen molar-refractivity contribution in [3.05, 3.63) is 108 Å². The molecule has 5 atom stereocenters. The molecular weight excluding hydrogens is 522 g/mol. The van der Waals surface area contributed by atoms with Crippen LogP contribution in [0.1, 0.15) is 37.5 Å². The van der Waals surface area contributed by atoms with Crippen LogP contribution in [0.2, 0.25) is 0 Å². The Balaban J connectivity index is 1.59. The molecule has 8 nitrogen and oxygen atoms in total. The van der Waals surface area contributed by atoms with Crippen molar-refractivity contribution in [3.8, 4) is 0 Å². The van der Waals surface area contributed by atoms with E-state index in [0.29, 0.717) is 19.8 Å². The van der Waals surface area contributed by atoms with Crippen LogP contribution >= 0.6 is 0 Å². The maximum Gasteiger partial charge on any atom is 0.407 e. The molecule has 1 fully saturated rings. The molecule has 1 amide bonds. The summed E-state index contributed by atoms with van der Waals surface area (Å²) in [5.41, 5.74) is 2.40. The minimum absolute atomic E-state index is 0.130. The largest absolute Gasteiger partial charge is 0.444 e. The highest BCUT2D eigenvalue weighted by atomic mass is 16.7. The van der Waals surface area contributed by atoms with Crippen molar-refractivity contribution in [1.82, 2.24) is 5.32 Å². The Kier molecular flexibility index (Phi) is 11.3. The van der Waals surface area contributed by atoms with E-state index in [0.717, 1.165) is 16.7 Å². The van der Waals surface area contributed by atoms with Crippen molar-refractivity contribution in [3.63, 3.8) is 0 Å². The Morgan fingerprint density at radius 1 is 0.707 bits per heavy atom. The lowest BCUT2D eigenvalue weighted by molar-refractivity contribution is -0.316. The zero-order valence-electron chi connectivity index (χ0n) is 24.2. The molecule has 41 heavy (non-hydrogen) atoms. The van der Waals surface area contributed by atoms with Gasteiger partial charge in [-0.2, -0.15) is 0 Å². The maximum absolute atomic E-state index is 12.5. The lowest BCUT2D eigenvalue weighted by atomic mass is 9.97. The fourth-order valence-corrected chi connectivity index (χ4v) is 4.60. The first kappa shape index (κ1) is 30.7. The average Bonchev–Trinajstić information content (AvgIpc) is 2.97. The van der Waals surface area contributed by atoms with Crippen molar-refractivity contribution in [1.29, 1.82) is 0 Å². The van der Waals surface area contributed by atoms with Gasteiger partial charge in [0, 0.05) is 13.7 Å². The lowest BCUT2D eigenvalue weighted by Crippen LogP contribution is -2.62. The van der Waals surface area contributed by atoms with E-state index in [4.69, 9.17) is 28.4 Å². The summed E-state index contributed by atoms with van der Waals surface area (Å²) in [7, 11) is 1.57. The number of amides is 1. The number of carbonyl (C=O) groups excluding carboxylic acids is 1. The first-order valence-electron chi connectivity index (χ1n) is 13.9. The number of alkyl carbamates (subject to hydrolysis) is 1. The summed E-state index contributed by atoms with van der Waals surface area (Å²) < 4.78 is 37.1. The van der Waals surface area contributed by atoms with Crippen LogP contribution in [-0.2, 0) is 48.2 Å². The Morgan fingerprint density at radius 3 is 1.59 bits per heavy atom. The highest BCUT2D eigenvalue weighted by Gasteiger charge is 2.48. The molecule has 3 aromatic rings. The van der Waals surface area contributed by atoms with Crippen LogP contribution in [0, 0.1) is 0 Å². The molecule has 3 aromatic carbocycles. The Hall–Kier alpha value is -3.27. The average molecular weight is 564 g/mol. The van der Waals surface area contributed by atoms with Crippen molar-refractivity contribution in [2.24, 2.45) is 0 Å². The van der Waals surface area contributed by atoms with Gasteiger partial charge in [-0.15, -0.1) is 0 Å². The van der Waals surface area contributed by atoms with Gasteiger partial charge in [0.15, 0.2) is 6.29 Å². The molecule has 4 rings (SSSR count). The van der Waals surface area contributed by atoms with E-state index in [1.54, 1.807) is 7.11 Å². The molecule has 1 heterocycles. The quantitative estimate of drug-likeness (QED) is 0.305. The Labute approximate surface area is 242 Å². The molecule has 0 spiro atoms. The van der Waals surface area contributed by atoms with Crippen LogP contribution < -0.4 is 5.32 Å². The molecule has 0 aliphatic carbocycles. The summed E-state index contributed by atoms with van der Waals surface area (Å²) in [4.78, 5) is 12.5. The predicted octanol–water partition coefficient (Wildman–Crippen LogP) is 5.64. The third-order valence-corrected chi connectivity index (χ3v) is 6.53. The fraction of sp³-hybridized carbons (Fsp3) is 0.424. The van der Waals surface area contributed by atoms with Gasteiger partial charge in [0.25, 0.3) is 0 Å². The molecule has 1 N–H and O–H groups in total. The van der Waals surface area contributed by atoms with E-state index in [-0.39, 0.29) is 6.54 Å². The van der Waals surface area contributed by atoms with Gasteiger partial charge in [0.05, 0.1) is 19.8 Å². The molecular formula is C33H41NO7. The second kappa shape index (κ2) is 15.1. The number of hydrogen-bond acceptors (Lipinski definition) is 7. The molecule has 0 radical (unpaired) electrons. The molecule has 1 aliphatic heterocycles. The second-order valence-electron chi connectivity index (χ2n) is 10.9. The highest BCUT2D eigenvalue weighted by Crippen LogP contribution is 2.31. The van der Waals surface area contributed by atoms with Crippen LogP contribution in [-0.4, -0.2) is 56.1 Å². The molecule has 0 saturated carbocycles. The molecule has 1 aliphatic rings. The monoisotopic (exact) mass is 563 g/mol. The van der Waals surface area contributed by atoms with Crippen molar-refractivity contribution < 1.29 is 33.2 Å². The van der Waals surface area contributed by atoms with E-state index >= 15 is 0 Å². The van der Waals surface area contributed by atoms with Gasteiger partial charge >= 0.3 is 6.09 Å². The summed E-state index contributed by atoms with van der Waals surface area (Å²) in [5, 5.41) is 2.83. The van der Waals surface area contributed by atoms with Crippen molar-refractivity contribution in [2.75, 3.05) is 13.7 Å². The minimum atomic E-state index is -0.763. The van der Waals surface area contributed by atoms with Crippen LogP contribution in [0.15, 0.2) is 91.0 Å². The summed E-state index contributed by atoms with van der Waals surface area (Å²) in [5.74, 6) is 0.